The molecule has 1 amide bonds. The zero-order valence-corrected chi connectivity index (χ0v) is 19.8. The van der Waals surface area contributed by atoms with Gasteiger partial charge in [0.2, 0.25) is 0 Å². The Labute approximate surface area is 200 Å². The van der Waals surface area contributed by atoms with E-state index in [0.29, 0.717) is 38.2 Å². The van der Waals surface area contributed by atoms with Crippen molar-refractivity contribution in [2.75, 3.05) is 11.9 Å². The molecule has 0 fully saturated rings. The maximum absolute atomic E-state index is 13.3. The molecule has 8 heteroatoms. The van der Waals surface area contributed by atoms with E-state index in [4.69, 9.17) is 20.9 Å². The number of aryl methyl sites for hydroxylation is 2. The van der Waals surface area contributed by atoms with Crippen molar-refractivity contribution in [3.05, 3.63) is 81.4 Å². The van der Waals surface area contributed by atoms with Crippen LogP contribution in [0, 0.1) is 13.8 Å². The molecule has 0 bridgehead atoms. The molecular formula is C25H21ClN2O4S. The molecule has 0 saturated heterocycles. The number of hydrogen-bond donors (Lipinski definition) is 1. The van der Waals surface area contributed by atoms with Gasteiger partial charge in [0.05, 0.1) is 11.6 Å². The lowest BCUT2D eigenvalue weighted by atomic mass is 10.0. The number of nitrogens with one attached hydrogen (secondary N) is 1. The van der Waals surface area contributed by atoms with Gasteiger partial charge in [0.25, 0.3) is 5.91 Å². The number of hydrogen-bond acceptors (Lipinski definition) is 6. The van der Waals surface area contributed by atoms with E-state index >= 15 is 0 Å². The van der Waals surface area contributed by atoms with E-state index in [2.05, 4.69) is 10.5 Å². The average molecular weight is 481 g/mol. The standard InChI is InChI=1S/C25H21ClN2O4S/c1-4-31-25(30)21-18(16-11-9-14(2)10-12-16)13-33-24(21)27-23(29)20-15(3)32-28-22(20)17-7-5-6-8-19(17)26/h5-13H,4H2,1-3H3,(H,27,29). The van der Waals surface area contributed by atoms with Gasteiger partial charge in [0.1, 0.15) is 27.6 Å². The predicted molar refractivity (Wildman–Crippen MR) is 130 cm³/mol. The zero-order chi connectivity index (χ0) is 23.5. The third-order valence-corrected chi connectivity index (χ3v) is 6.30. The fraction of sp³-hybridized carbons (Fsp3) is 0.160. The summed E-state index contributed by atoms with van der Waals surface area (Å²) in [6.07, 6.45) is 0. The Morgan fingerprint density at radius 3 is 2.48 bits per heavy atom. The lowest BCUT2D eigenvalue weighted by molar-refractivity contribution is 0.0529. The molecule has 0 atom stereocenters. The van der Waals surface area contributed by atoms with Gasteiger partial charge in [-0.3, -0.25) is 4.79 Å². The maximum Gasteiger partial charge on any atom is 0.341 e. The first kappa shape index (κ1) is 22.8. The second-order valence-electron chi connectivity index (χ2n) is 7.34. The highest BCUT2D eigenvalue weighted by atomic mass is 35.5. The van der Waals surface area contributed by atoms with Gasteiger partial charge in [-0.1, -0.05) is 64.8 Å². The Kier molecular flexibility index (Phi) is 6.62. The van der Waals surface area contributed by atoms with E-state index in [-0.39, 0.29) is 12.2 Å². The van der Waals surface area contributed by atoms with Crippen molar-refractivity contribution in [2.24, 2.45) is 0 Å². The van der Waals surface area contributed by atoms with Gasteiger partial charge in [-0.15, -0.1) is 11.3 Å². The Hall–Kier alpha value is -3.42. The normalized spacial score (nSPS) is 10.8. The quantitative estimate of drug-likeness (QED) is 0.308. The molecule has 1 N–H and O–H groups in total. The van der Waals surface area contributed by atoms with E-state index < -0.39 is 11.9 Å². The van der Waals surface area contributed by atoms with Crippen molar-refractivity contribution in [1.82, 2.24) is 5.16 Å². The summed E-state index contributed by atoms with van der Waals surface area (Å²) in [7, 11) is 0. The fourth-order valence-corrected chi connectivity index (χ4v) is 4.62. The third kappa shape index (κ3) is 4.55. The SMILES string of the molecule is CCOC(=O)c1c(-c2ccc(C)cc2)csc1NC(=O)c1c(-c2ccccc2Cl)noc1C. The largest absolute Gasteiger partial charge is 0.462 e. The number of anilines is 1. The van der Waals surface area contributed by atoms with Crippen molar-refractivity contribution in [3.8, 4) is 22.4 Å². The first-order valence-corrected chi connectivity index (χ1v) is 11.5. The van der Waals surface area contributed by atoms with Crippen LogP contribution in [0.15, 0.2) is 58.4 Å². The zero-order valence-electron chi connectivity index (χ0n) is 18.3. The van der Waals surface area contributed by atoms with E-state index in [1.807, 2.05) is 36.6 Å². The molecule has 2 heterocycles. The summed E-state index contributed by atoms with van der Waals surface area (Å²) in [6, 6.07) is 14.9. The topological polar surface area (TPSA) is 81.4 Å². The molecule has 2 aromatic carbocycles. The molecule has 0 aliphatic heterocycles. The molecule has 0 aliphatic carbocycles. The highest BCUT2D eigenvalue weighted by Gasteiger charge is 2.27. The minimum Gasteiger partial charge on any atom is -0.462 e. The molecule has 4 aromatic rings. The monoisotopic (exact) mass is 480 g/mol. The van der Waals surface area contributed by atoms with Crippen LogP contribution in [0.1, 0.15) is 39.0 Å². The number of esters is 1. The molecular weight excluding hydrogens is 460 g/mol. The van der Waals surface area contributed by atoms with Crippen LogP contribution in [0.2, 0.25) is 5.02 Å². The Balaban J connectivity index is 1.74. The molecule has 0 aliphatic rings. The summed E-state index contributed by atoms with van der Waals surface area (Å²) in [5.74, 6) is -0.611. The number of carbonyl (C=O) groups is 2. The van der Waals surface area contributed by atoms with Crippen molar-refractivity contribution in [1.29, 1.82) is 0 Å². The van der Waals surface area contributed by atoms with Crippen molar-refractivity contribution in [3.63, 3.8) is 0 Å². The van der Waals surface area contributed by atoms with Crippen molar-refractivity contribution < 1.29 is 18.8 Å². The van der Waals surface area contributed by atoms with E-state index in [9.17, 15) is 9.59 Å². The molecule has 0 spiro atoms. The minimum atomic E-state index is -0.502. The molecule has 33 heavy (non-hydrogen) atoms. The van der Waals surface area contributed by atoms with Crippen LogP contribution in [-0.2, 0) is 4.74 Å². The van der Waals surface area contributed by atoms with Gasteiger partial charge in [-0.25, -0.2) is 4.79 Å². The van der Waals surface area contributed by atoms with E-state index in [1.165, 1.54) is 11.3 Å². The minimum absolute atomic E-state index is 0.219. The second kappa shape index (κ2) is 9.60. The first-order valence-electron chi connectivity index (χ1n) is 10.3. The van der Waals surface area contributed by atoms with Crippen LogP contribution in [0.3, 0.4) is 0 Å². The first-order chi connectivity index (χ1) is 15.9. The molecule has 6 nitrogen and oxygen atoms in total. The average Bonchev–Trinajstić information content (AvgIpc) is 3.38. The Morgan fingerprint density at radius 1 is 1.06 bits per heavy atom. The summed E-state index contributed by atoms with van der Waals surface area (Å²) in [5, 5.41) is 9.58. The van der Waals surface area contributed by atoms with Crippen LogP contribution in [0.25, 0.3) is 22.4 Å². The van der Waals surface area contributed by atoms with Crippen molar-refractivity contribution in [2.45, 2.75) is 20.8 Å². The van der Waals surface area contributed by atoms with Gasteiger partial charge in [0, 0.05) is 16.5 Å². The number of aromatic nitrogens is 1. The molecule has 4 rings (SSSR count). The highest BCUT2D eigenvalue weighted by molar-refractivity contribution is 7.15. The summed E-state index contributed by atoms with van der Waals surface area (Å²) < 4.78 is 10.6. The number of nitrogens with zero attached hydrogens (tertiary/aromatic N) is 1. The number of ether oxygens (including phenoxy) is 1. The van der Waals surface area contributed by atoms with Crippen molar-refractivity contribution >= 4 is 39.8 Å². The smallest absolute Gasteiger partial charge is 0.341 e. The number of thiophene rings is 1. The van der Waals surface area contributed by atoms with Gasteiger partial charge >= 0.3 is 5.97 Å². The maximum atomic E-state index is 13.3. The number of amides is 1. The van der Waals surface area contributed by atoms with Gasteiger partial charge in [0.15, 0.2) is 0 Å². The summed E-state index contributed by atoms with van der Waals surface area (Å²) in [6.45, 7) is 5.61. The van der Waals surface area contributed by atoms with Gasteiger partial charge in [-0.05, 0) is 32.4 Å². The highest BCUT2D eigenvalue weighted by Crippen LogP contribution is 2.38. The van der Waals surface area contributed by atoms with Crippen LogP contribution in [0.5, 0.6) is 0 Å². The molecule has 0 radical (unpaired) electrons. The third-order valence-electron chi connectivity index (χ3n) is 5.08. The second-order valence-corrected chi connectivity index (χ2v) is 8.62. The number of carbonyl (C=O) groups excluding carboxylic acids is 2. The molecule has 2 aromatic heterocycles. The van der Waals surface area contributed by atoms with Crippen LogP contribution in [0.4, 0.5) is 5.00 Å². The number of halogens is 1. The predicted octanol–water partition coefficient (Wildman–Crippen LogP) is 6.77. The van der Waals surface area contributed by atoms with Crippen LogP contribution in [-0.4, -0.2) is 23.6 Å². The summed E-state index contributed by atoms with van der Waals surface area (Å²) in [4.78, 5) is 26.2. The number of rotatable bonds is 6. The van der Waals surface area contributed by atoms with Crippen LogP contribution >= 0.6 is 22.9 Å². The fourth-order valence-electron chi connectivity index (χ4n) is 3.44. The van der Waals surface area contributed by atoms with E-state index in [0.717, 1.165) is 11.1 Å². The number of benzene rings is 2. The summed E-state index contributed by atoms with van der Waals surface area (Å²) >= 11 is 7.57. The van der Waals surface area contributed by atoms with Gasteiger partial charge in [-0.2, -0.15) is 0 Å². The molecule has 168 valence electrons. The van der Waals surface area contributed by atoms with E-state index in [1.54, 1.807) is 38.1 Å². The lowest BCUT2D eigenvalue weighted by Crippen LogP contribution is -2.16. The summed E-state index contributed by atoms with van der Waals surface area (Å²) in [5.41, 5.74) is 4.15. The molecule has 0 unspecified atom stereocenters. The Bertz CT molecular complexity index is 1320. The van der Waals surface area contributed by atoms with Gasteiger partial charge < -0.3 is 14.6 Å². The molecule has 0 saturated carbocycles. The Morgan fingerprint density at radius 2 is 1.79 bits per heavy atom. The lowest BCUT2D eigenvalue weighted by Gasteiger charge is -2.09. The van der Waals surface area contributed by atoms with Crippen LogP contribution < -0.4 is 5.32 Å².